The fraction of sp³-hybridized carbons (Fsp3) is 0.600. The van der Waals surface area contributed by atoms with Crippen molar-refractivity contribution in [2.24, 2.45) is 5.92 Å². The van der Waals surface area contributed by atoms with Gasteiger partial charge in [-0.25, -0.2) is 0 Å². The molecule has 1 unspecified atom stereocenters. The molecule has 1 aromatic carbocycles. The van der Waals surface area contributed by atoms with Crippen LogP contribution in [0.15, 0.2) is 24.3 Å². The van der Waals surface area contributed by atoms with Crippen molar-refractivity contribution in [2.75, 3.05) is 31.3 Å². The largest absolute Gasteiger partial charge is 0.489 e. The van der Waals surface area contributed by atoms with Gasteiger partial charge in [0.25, 0.3) is 0 Å². The predicted molar refractivity (Wildman–Crippen MR) is 74.4 cm³/mol. The molecule has 1 saturated heterocycles. The number of fused-ring (bicyclic) bond motifs is 3. The number of anilines is 1. The Bertz CT molecular complexity index is 376. The van der Waals surface area contributed by atoms with Crippen LogP contribution in [0.5, 0.6) is 5.75 Å². The average Bonchev–Trinajstić information content (AvgIpc) is 2.38. The second-order valence-corrected chi connectivity index (χ2v) is 5.43. The Morgan fingerprint density at radius 2 is 1.89 bits per heavy atom. The summed E-state index contributed by atoms with van der Waals surface area (Å²) in [7, 11) is 0. The fourth-order valence-corrected chi connectivity index (χ4v) is 2.11. The minimum atomic E-state index is 0.402. The maximum Gasteiger partial charge on any atom is 0.142 e. The van der Waals surface area contributed by atoms with Crippen LogP contribution in [0.1, 0.15) is 20.8 Å². The van der Waals surface area contributed by atoms with Crippen LogP contribution in [-0.2, 0) is 4.74 Å². The van der Waals surface area contributed by atoms with Crippen molar-refractivity contribution in [2.45, 2.75) is 26.8 Å². The standard InChI is InChI=1S/C11H13NO2.C4H10/c1-2-4-11-10(3-1)12-5-6-13-7-9(12)8-14-11;1-4(2)3/h1-4,9H,5-8H2;4H,1-3H3. The summed E-state index contributed by atoms with van der Waals surface area (Å²) in [5.74, 6) is 1.84. The van der Waals surface area contributed by atoms with Gasteiger partial charge in [-0.15, -0.1) is 0 Å². The summed E-state index contributed by atoms with van der Waals surface area (Å²) in [6, 6.07) is 8.62. The average molecular weight is 249 g/mol. The number of hydrogen-bond acceptors (Lipinski definition) is 3. The third kappa shape index (κ3) is 3.16. The number of morpholine rings is 1. The highest BCUT2D eigenvalue weighted by molar-refractivity contribution is 5.60. The molecule has 2 aliphatic rings. The number of hydrogen-bond donors (Lipinski definition) is 0. The van der Waals surface area contributed by atoms with Crippen molar-refractivity contribution in [3.8, 4) is 5.75 Å². The van der Waals surface area contributed by atoms with Gasteiger partial charge in [0.05, 0.1) is 24.9 Å². The second kappa shape index (κ2) is 6.10. The predicted octanol–water partition coefficient (Wildman–Crippen LogP) is 2.95. The van der Waals surface area contributed by atoms with Gasteiger partial charge in [-0.05, 0) is 18.1 Å². The van der Waals surface area contributed by atoms with Crippen LogP contribution >= 0.6 is 0 Å². The number of rotatable bonds is 0. The molecule has 3 rings (SSSR count). The first kappa shape index (κ1) is 13.2. The number of benzene rings is 1. The van der Waals surface area contributed by atoms with Crippen LogP contribution in [0, 0.1) is 5.92 Å². The SMILES string of the molecule is CC(C)C.c1ccc2c(c1)OCC1COCCN21. The van der Waals surface area contributed by atoms with E-state index in [0.717, 1.165) is 38.0 Å². The van der Waals surface area contributed by atoms with Crippen molar-refractivity contribution in [1.82, 2.24) is 0 Å². The molecule has 0 N–H and O–H groups in total. The molecule has 2 aliphatic heterocycles. The zero-order valence-electron chi connectivity index (χ0n) is 11.6. The van der Waals surface area contributed by atoms with Gasteiger partial charge in [-0.3, -0.25) is 0 Å². The quantitative estimate of drug-likeness (QED) is 0.705. The van der Waals surface area contributed by atoms with Crippen LogP contribution in [0.2, 0.25) is 0 Å². The van der Waals surface area contributed by atoms with E-state index in [-0.39, 0.29) is 0 Å². The Labute approximate surface area is 110 Å². The summed E-state index contributed by atoms with van der Waals surface area (Å²) in [5, 5.41) is 0. The van der Waals surface area contributed by atoms with Gasteiger partial charge in [-0.2, -0.15) is 0 Å². The Balaban J connectivity index is 0.000000267. The highest BCUT2D eigenvalue weighted by atomic mass is 16.5. The molecule has 1 fully saturated rings. The Morgan fingerprint density at radius 1 is 1.17 bits per heavy atom. The molecule has 0 amide bonds. The van der Waals surface area contributed by atoms with Crippen molar-refractivity contribution in [1.29, 1.82) is 0 Å². The van der Waals surface area contributed by atoms with Crippen molar-refractivity contribution < 1.29 is 9.47 Å². The lowest BCUT2D eigenvalue weighted by atomic mass is 10.1. The van der Waals surface area contributed by atoms with Gasteiger partial charge in [0, 0.05) is 6.54 Å². The van der Waals surface area contributed by atoms with Crippen LogP contribution in [-0.4, -0.2) is 32.4 Å². The second-order valence-electron chi connectivity index (χ2n) is 5.43. The highest BCUT2D eigenvalue weighted by Gasteiger charge is 2.29. The molecule has 2 heterocycles. The highest BCUT2D eigenvalue weighted by Crippen LogP contribution is 2.34. The lowest BCUT2D eigenvalue weighted by Crippen LogP contribution is -2.51. The molecule has 1 aromatic rings. The summed E-state index contributed by atoms with van der Waals surface area (Å²) in [5.41, 5.74) is 1.21. The van der Waals surface area contributed by atoms with Gasteiger partial charge in [0.2, 0.25) is 0 Å². The molecule has 0 aromatic heterocycles. The van der Waals surface area contributed by atoms with Crippen molar-refractivity contribution >= 4 is 5.69 Å². The summed E-state index contributed by atoms with van der Waals surface area (Å²) >= 11 is 0. The normalized spacial score (nSPS) is 21.3. The maximum absolute atomic E-state index is 5.67. The molecule has 18 heavy (non-hydrogen) atoms. The van der Waals surface area contributed by atoms with E-state index in [4.69, 9.17) is 9.47 Å². The van der Waals surface area contributed by atoms with Gasteiger partial charge in [0.1, 0.15) is 12.4 Å². The first-order valence-corrected chi connectivity index (χ1v) is 6.74. The van der Waals surface area contributed by atoms with E-state index in [1.165, 1.54) is 5.69 Å². The lowest BCUT2D eigenvalue weighted by Gasteiger charge is -2.41. The summed E-state index contributed by atoms with van der Waals surface area (Å²) in [6.45, 7) is 9.83. The summed E-state index contributed by atoms with van der Waals surface area (Å²) in [6.07, 6.45) is 0. The smallest absolute Gasteiger partial charge is 0.142 e. The third-order valence-electron chi connectivity index (χ3n) is 2.83. The van der Waals surface area contributed by atoms with E-state index in [1.807, 2.05) is 12.1 Å². The molecular formula is C15H23NO2. The van der Waals surface area contributed by atoms with Crippen LogP contribution in [0.25, 0.3) is 0 Å². The minimum Gasteiger partial charge on any atom is -0.489 e. The molecule has 0 saturated carbocycles. The van der Waals surface area contributed by atoms with E-state index in [2.05, 4.69) is 37.8 Å². The Morgan fingerprint density at radius 3 is 2.67 bits per heavy atom. The zero-order chi connectivity index (χ0) is 13.0. The number of nitrogens with zero attached hydrogens (tertiary/aromatic N) is 1. The molecule has 100 valence electrons. The molecule has 0 bridgehead atoms. The van der Waals surface area contributed by atoms with Gasteiger partial charge >= 0.3 is 0 Å². The van der Waals surface area contributed by atoms with Crippen LogP contribution < -0.4 is 9.64 Å². The summed E-state index contributed by atoms with van der Waals surface area (Å²) < 4.78 is 11.1. The molecule has 0 aliphatic carbocycles. The van der Waals surface area contributed by atoms with E-state index < -0.39 is 0 Å². The minimum absolute atomic E-state index is 0.402. The van der Waals surface area contributed by atoms with Crippen LogP contribution in [0.3, 0.4) is 0 Å². The lowest BCUT2D eigenvalue weighted by molar-refractivity contribution is 0.0705. The fourth-order valence-electron chi connectivity index (χ4n) is 2.11. The first-order chi connectivity index (χ1) is 8.68. The number of para-hydroxylation sites is 2. The third-order valence-corrected chi connectivity index (χ3v) is 2.83. The first-order valence-electron chi connectivity index (χ1n) is 6.74. The molecule has 3 nitrogen and oxygen atoms in total. The van der Waals surface area contributed by atoms with E-state index >= 15 is 0 Å². The van der Waals surface area contributed by atoms with Gasteiger partial charge < -0.3 is 14.4 Å². The molecule has 0 spiro atoms. The zero-order valence-corrected chi connectivity index (χ0v) is 11.6. The van der Waals surface area contributed by atoms with Gasteiger partial charge in [0.15, 0.2) is 0 Å². The summed E-state index contributed by atoms with van der Waals surface area (Å²) in [4.78, 5) is 2.39. The number of ether oxygens (including phenoxy) is 2. The Hall–Kier alpha value is -1.22. The molecular weight excluding hydrogens is 226 g/mol. The monoisotopic (exact) mass is 249 g/mol. The van der Waals surface area contributed by atoms with Crippen LogP contribution in [0.4, 0.5) is 5.69 Å². The van der Waals surface area contributed by atoms with E-state index in [1.54, 1.807) is 0 Å². The topological polar surface area (TPSA) is 21.7 Å². The van der Waals surface area contributed by atoms with Crippen molar-refractivity contribution in [3.05, 3.63) is 24.3 Å². The van der Waals surface area contributed by atoms with Crippen molar-refractivity contribution in [3.63, 3.8) is 0 Å². The van der Waals surface area contributed by atoms with E-state index in [9.17, 15) is 0 Å². The Kier molecular flexibility index (Phi) is 4.48. The maximum atomic E-state index is 5.67. The molecule has 1 atom stereocenters. The van der Waals surface area contributed by atoms with Gasteiger partial charge in [-0.1, -0.05) is 32.9 Å². The molecule has 0 radical (unpaired) electrons. The molecule has 3 heteroatoms. The van der Waals surface area contributed by atoms with E-state index in [0.29, 0.717) is 6.04 Å².